The predicted octanol–water partition coefficient (Wildman–Crippen LogP) is 4.35. The lowest BCUT2D eigenvalue weighted by molar-refractivity contribution is -0.144. The molecule has 0 heterocycles. The molecule has 1 aromatic carbocycles. The van der Waals surface area contributed by atoms with Crippen molar-refractivity contribution in [3.8, 4) is 0 Å². The van der Waals surface area contributed by atoms with Crippen LogP contribution in [0.2, 0.25) is 0 Å². The molecule has 1 saturated carbocycles. The van der Waals surface area contributed by atoms with Gasteiger partial charge in [0, 0.05) is 0 Å². The Hall–Kier alpha value is -1.03. The lowest BCUT2D eigenvalue weighted by Gasteiger charge is -2.43. The second-order valence-electron chi connectivity index (χ2n) is 5.63. The summed E-state index contributed by atoms with van der Waals surface area (Å²) in [6, 6.07) is 5.40. The van der Waals surface area contributed by atoms with E-state index in [9.17, 15) is 18.3 Å². The molecule has 2 rings (SSSR count). The number of alkyl halides is 3. The van der Waals surface area contributed by atoms with E-state index in [0.717, 1.165) is 18.9 Å². The van der Waals surface area contributed by atoms with Crippen LogP contribution in [0.5, 0.6) is 0 Å². The first-order valence-electron chi connectivity index (χ1n) is 6.66. The third-order valence-corrected chi connectivity index (χ3v) is 4.52. The van der Waals surface area contributed by atoms with Gasteiger partial charge in [-0.05, 0) is 36.3 Å². The van der Waals surface area contributed by atoms with Gasteiger partial charge in [0.25, 0.3) is 0 Å². The summed E-state index contributed by atoms with van der Waals surface area (Å²) in [4.78, 5) is 0. The molecular formula is C15H19F3O. The van der Waals surface area contributed by atoms with Crippen LogP contribution in [0.4, 0.5) is 13.2 Å². The van der Waals surface area contributed by atoms with Crippen LogP contribution in [0.15, 0.2) is 24.3 Å². The minimum atomic E-state index is -4.42. The average Bonchev–Trinajstić information content (AvgIpc) is 2.35. The van der Waals surface area contributed by atoms with Gasteiger partial charge in [-0.25, -0.2) is 0 Å². The summed E-state index contributed by atoms with van der Waals surface area (Å²) in [6.07, 6.45) is -2.32. The molecule has 0 spiro atoms. The highest BCUT2D eigenvalue weighted by molar-refractivity contribution is 5.35. The molecule has 0 saturated heterocycles. The summed E-state index contributed by atoms with van der Waals surface area (Å²) in [6.45, 7) is 3.84. The van der Waals surface area contributed by atoms with Crippen LogP contribution in [-0.4, -0.2) is 5.11 Å². The van der Waals surface area contributed by atoms with Gasteiger partial charge in [-0.2, -0.15) is 13.2 Å². The fourth-order valence-electron chi connectivity index (χ4n) is 3.13. The number of hydrogen-bond donors (Lipinski definition) is 1. The van der Waals surface area contributed by atoms with Crippen molar-refractivity contribution in [1.29, 1.82) is 0 Å². The quantitative estimate of drug-likeness (QED) is 0.806. The molecule has 1 aliphatic carbocycles. The van der Waals surface area contributed by atoms with Crippen molar-refractivity contribution >= 4 is 0 Å². The fraction of sp³-hybridized carbons (Fsp3) is 0.600. The Morgan fingerprint density at radius 3 is 2.47 bits per heavy atom. The van der Waals surface area contributed by atoms with Crippen molar-refractivity contribution in [3.05, 3.63) is 35.4 Å². The standard InChI is InChI=1S/C15H19F3O/c1-10-6-5-9-14(19,11(10)2)12-7-3-4-8-13(12)15(16,17)18/h3-4,7-8,10-11,19H,5-6,9H2,1-2H3. The highest BCUT2D eigenvalue weighted by Gasteiger charge is 2.46. The number of aliphatic hydroxyl groups is 1. The van der Waals surface area contributed by atoms with Crippen LogP contribution in [0.1, 0.15) is 44.2 Å². The summed E-state index contributed by atoms with van der Waals surface area (Å²) >= 11 is 0. The van der Waals surface area contributed by atoms with E-state index >= 15 is 0 Å². The molecule has 0 bridgehead atoms. The van der Waals surface area contributed by atoms with Crippen LogP contribution >= 0.6 is 0 Å². The van der Waals surface area contributed by atoms with E-state index in [4.69, 9.17) is 0 Å². The van der Waals surface area contributed by atoms with Gasteiger partial charge in [-0.1, -0.05) is 38.5 Å². The molecule has 4 heteroatoms. The Labute approximate surface area is 111 Å². The summed E-state index contributed by atoms with van der Waals surface area (Å²) in [7, 11) is 0. The molecule has 0 amide bonds. The van der Waals surface area contributed by atoms with E-state index in [2.05, 4.69) is 0 Å². The fourth-order valence-corrected chi connectivity index (χ4v) is 3.13. The predicted molar refractivity (Wildman–Crippen MR) is 67.5 cm³/mol. The topological polar surface area (TPSA) is 20.2 Å². The molecule has 1 fully saturated rings. The van der Waals surface area contributed by atoms with Gasteiger partial charge in [0.2, 0.25) is 0 Å². The van der Waals surface area contributed by atoms with Gasteiger partial charge in [0.05, 0.1) is 11.2 Å². The van der Waals surface area contributed by atoms with Gasteiger partial charge < -0.3 is 5.11 Å². The van der Waals surface area contributed by atoms with Gasteiger partial charge in [-0.15, -0.1) is 0 Å². The van der Waals surface area contributed by atoms with Crippen LogP contribution in [0, 0.1) is 11.8 Å². The van der Waals surface area contributed by atoms with E-state index in [1.807, 2.05) is 13.8 Å². The third-order valence-electron chi connectivity index (χ3n) is 4.52. The first kappa shape index (κ1) is 14.4. The van der Waals surface area contributed by atoms with Crippen LogP contribution < -0.4 is 0 Å². The van der Waals surface area contributed by atoms with Crippen molar-refractivity contribution in [3.63, 3.8) is 0 Å². The Morgan fingerprint density at radius 2 is 1.84 bits per heavy atom. The largest absolute Gasteiger partial charge is 0.416 e. The van der Waals surface area contributed by atoms with E-state index in [1.165, 1.54) is 12.1 Å². The molecule has 106 valence electrons. The highest BCUT2D eigenvalue weighted by atomic mass is 19.4. The molecular weight excluding hydrogens is 253 g/mol. The van der Waals surface area contributed by atoms with Crippen molar-refractivity contribution in [1.82, 2.24) is 0 Å². The first-order valence-corrected chi connectivity index (χ1v) is 6.66. The number of benzene rings is 1. The summed E-state index contributed by atoms with van der Waals surface area (Å²) in [5.41, 5.74) is -2.05. The third kappa shape index (κ3) is 2.50. The lowest BCUT2D eigenvalue weighted by atomic mass is 9.66. The van der Waals surface area contributed by atoms with E-state index in [-0.39, 0.29) is 17.4 Å². The lowest BCUT2D eigenvalue weighted by Crippen LogP contribution is -2.41. The van der Waals surface area contributed by atoms with Crippen molar-refractivity contribution < 1.29 is 18.3 Å². The van der Waals surface area contributed by atoms with Crippen LogP contribution in [0.25, 0.3) is 0 Å². The SMILES string of the molecule is CC1CCCC(O)(c2ccccc2C(F)(F)F)C1C. The summed E-state index contributed by atoms with van der Waals surface area (Å²) in [5, 5.41) is 10.8. The Balaban J connectivity index is 2.52. The molecule has 1 aliphatic rings. The minimum Gasteiger partial charge on any atom is -0.385 e. The van der Waals surface area contributed by atoms with Gasteiger partial charge in [0.15, 0.2) is 0 Å². The zero-order valence-electron chi connectivity index (χ0n) is 11.2. The van der Waals surface area contributed by atoms with Gasteiger partial charge in [0.1, 0.15) is 0 Å². The van der Waals surface area contributed by atoms with Gasteiger partial charge >= 0.3 is 6.18 Å². The normalized spacial score (nSPS) is 32.3. The minimum absolute atomic E-state index is 0.0292. The molecule has 1 aromatic rings. The molecule has 19 heavy (non-hydrogen) atoms. The molecule has 3 atom stereocenters. The second-order valence-corrected chi connectivity index (χ2v) is 5.63. The molecule has 0 radical (unpaired) electrons. The smallest absolute Gasteiger partial charge is 0.385 e. The van der Waals surface area contributed by atoms with Crippen LogP contribution in [-0.2, 0) is 11.8 Å². The second kappa shape index (κ2) is 4.82. The maximum Gasteiger partial charge on any atom is 0.416 e. The molecule has 1 N–H and O–H groups in total. The maximum atomic E-state index is 13.1. The van der Waals surface area contributed by atoms with E-state index in [0.29, 0.717) is 6.42 Å². The number of hydrogen-bond acceptors (Lipinski definition) is 1. The zero-order valence-corrected chi connectivity index (χ0v) is 11.2. The molecule has 1 nitrogen and oxygen atoms in total. The molecule has 0 aliphatic heterocycles. The van der Waals surface area contributed by atoms with Crippen molar-refractivity contribution in [2.75, 3.05) is 0 Å². The maximum absolute atomic E-state index is 13.1. The summed E-state index contributed by atoms with van der Waals surface area (Å²) < 4.78 is 39.3. The Bertz CT molecular complexity index is 455. The first-order chi connectivity index (χ1) is 8.77. The summed E-state index contributed by atoms with van der Waals surface area (Å²) in [5.74, 6) is 0.0461. The van der Waals surface area contributed by atoms with Gasteiger partial charge in [-0.3, -0.25) is 0 Å². The Kier molecular flexibility index (Phi) is 3.65. The van der Waals surface area contributed by atoms with E-state index in [1.54, 1.807) is 6.07 Å². The Morgan fingerprint density at radius 1 is 1.21 bits per heavy atom. The van der Waals surface area contributed by atoms with E-state index < -0.39 is 17.3 Å². The zero-order chi connectivity index (χ0) is 14.3. The monoisotopic (exact) mass is 272 g/mol. The number of rotatable bonds is 1. The number of halogens is 3. The molecule has 0 aromatic heterocycles. The van der Waals surface area contributed by atoms with Crippen LogP contribution in [0.3, 0.4) is 0 Å². The van der Waals surface area contributed by atoms with Crippen molar-refractivity contribution in [2.45, 2.75) is 44.9 Å². The average molecular weight is 272 g/mol. The highest BCUT2D eigenvalue weighted by Crippen LogP contribution is 2.47. The van der Waals surface area contributed by atoms with Crippen molar-refractivity contribution in [2.24, 2.45) is 11.8 Å². The molecule has 3 unspecified atom stereocenters.